The van der Waals surface area contributed by atoms with E-state index in [2.05, 4.69) is 43.0 Å². The number of hydrogen-bond donors (Lipinski definition) is 0. The van der Waals surface area contributed by atoms with Crippen LogP contribution in [0.4, 0.5) is 0 Å². The molecule has 1 fully saturated rings. The molecule has 0 aromatic heterocycles. The number of para-hydroxylation sites is 2. The van der Waals surface area contributed by atoms with E-state index in [1.54, 1.807) is 18.2 Å². The number of likely N-dealkylation sites (tertiary alicyclic amines) is 1. The molecule has 2 aromatic carbocycles. The number of nitrogens with zero attached hydrogens (tertiary/aromatic N) is 1. The zero-order valence-electron chi connectivity index (χ0n) is 16.8. The Balaban J connectivity index is 1.41. The lowest BCUT2D eigenvalue weighted by molar-refractivity contribution is -0.0113. The maximum atomic E-state index is 6.42. The third-order valence-electron chi connectivity index (χ3n) is 6.28. The van der Waals surface area contributed by atoms with Gasteiger partial charge in [0.15, 0.2) is 11.5 Å². The first-order valence-electron chi connectivity index (χ1n) is 10.2. The molecule has 2 atom stereocenters. The third-order valence-corrected chi connectivity index (χ3v) is 6.28. The van der Waals surface area contributed by atoms with Crippen LogP contribution >= 0.6 is 0 Å². The van der Waals surface area contributed by atoms with Gasteiger partial charge >= 0.3 is 0 Å². The first-order chi connectivity index (χ1) is 13.1. The lowest BCUT2D eigenvalue weighted by Gasteiger charge is -2.44. The fourth-order valence-electron chi connectivity index (χ4n) is 4.84. The molecule has 0 radical (unpaired) electrons. The summed E-state index contributed by atoms with van der Waals surface area (Å²) in [5.74, 6) is 2.36. The fourth-order valence-corrected chi connectivity index (χ4v) is 4.84. The van der Waals surface area contributed by atoms with E-state index in [9.17, 15) is 0 Å². The lowest BCUT2D eigenvalue weighted by Crippen LogP contribution is -2.51. The molecule has 0 bridgehead atoms. The molecule has 0 N–H and O–H groups in total. The summed E-state index contributed by atoms with van der Waals surface area (Å²) < 4.78 is 11.9. The van der Waals surface area contributed by atoms with E-state index in [0.29, 0.717) is 5.92 Å². The highest BCUT2D eigenvalue weighted by molar-refractivity contribution is 5.39. The van der Waals surface area contributed by atoms with Gasteiger partial charge in [-0.25, -0.2) is 0 Å². The number of methoxy groups -OCH3 is 1. The summed E-state index contributed by atoms with van der Waals surface area (Å²) >= 11 is 0. The molecule has 1 saturated heterocycles. The molecule has 0 saturated carbocycles. The van der Waals surface area contributed by atoms with Gasteiger partial charge in [-0.2, -0.15) is 0 Å². The van der Waals surface area contributed by atoms with Gasteiger partial charge in [0.05, 0.1) is 7.11 Å². The van der Waals surface area contributed by atoms with Gasteiger partial charge in [-0.1, -0.05) is 50.2 Å². The van der Waals surface area contributed by atoms with Crippen molar-refractivity contribution in [1.82, 2.24) is 4.90 Å². The Kier molecular flexibility index (Phi) is 5.14. The van der Waals surface area contributed by atoms with Crippen LogP contribution in [0.5, 0.6) is 11.5 Å². The minimum absolute atomic E-state index is 0.108. The van der Waals surface area contributed by atoms with E-state index in [1.165, 1.54) is 19.4 Å². The average molecular weight is 366 g/mol. The highest BCUT2D eigenvalue weighted by atomic mass is 16.5. The van der Waals surface area contributed by atoms with Gasteiger partial charge in [-0.3, -0.25) is 0 Å². The first-order valence-corrected chi connectivity index (χ1v) is 10.2. The molecule has 1 aliphatic heterocycles. The second kappa shape index (κ2) is 7.55. The Labute approximate surface area is 163 Å². The van der Waals surface area contributed by atoms with Crippen LogP contribution < -0.4 is 9.47 Å². The number of fused-ring (bicyclic) bond motifs is 1. The van der Waals surface area contributed by atoms with Crippen molar-refractivity contribution in [3.8, 4) is 11.5 Å². The Morgan fingerprint density at radius 1 is 1.00 bits per heavy atom. The molecule has 0 spiro atoms. The number of aryl methyl sites for hydroxylation is 1. The Hall–Kier alpha value is -2.00. The number of benzene rings is 2. The topological polar surface area (TPSA) is 21.7 Å². The van der Waals surface area contributed by atoms with Crippen molar-refractivity contribution in [2.45, 2.75) is 45.1 Å². The molecule has 2 aromatic rings. The zero-order chi connectivity index (χ0) is 18.9. The summed E-state index contributed by atoms with van der Waals surface area (Å²) in [5.41, 5.74) is 3.23. The zero-order valence-corrected chi connectivity index (χ0v) is 16.8. The average Bonchev–Trinajstić information content (AvgIpc) is 3.07. The van der Waals surface area contributed by atoms with Gasteiger partial charge in [-0.15, -0.1) is 0 Å². The first kappa shape index (κ1) is 18.4. The van der Waals surface area contributed by atoms with Crippen molar-refractivity contribution in [2.24, 2.45) is 5.41 Å². The minimum Gasteiger partial charge on any atom is -0.493 e. The molecule has 0 amide bonds. The fraction of sp³-hybridized carbons (Fsp3) is 0.500. The number of piperidine rings is 1. The van der Waals surface area contributed by atoms with Crippen molar-refractivity contribution in [1.29, 1.82) is 0 Å². The normalized spacial score (nSPS) is 24.4. The highest BCUT2D eigenvalue weighted by Gasteiger charge is 2.39. The molecule has 4 rings (SSSR count). The second-order valence-electron chi connectivity index (χ2n) is 8.70. The smallest absolute Gasteiger partial charge is 0.161 e. The van der Waals surface area contributed by atoms with E-state index in [4.69, 9.17) is 9.47 Å². The summed E-state index contributed by atoms with van der Waals surface area (Å²) in [6.07, 6.45) is 3.79. The number of hydrogen-bond acceptors (Lipinski definition) is 3. The molecule has 3 heteroatoms. The van der Waals surface area contributed by atoms with Crippen LogP contribution in [0, 0.1) is 5.41 Å². The van der Waals surface area contributed by atoms with Crippen LogP contribution in [-0.2, 0) is 6.42 Å². The summed E-state index contributed by atoms with van der Waals surface area (Å²) in [7, 11) is 1.70. The van der Waals surface area contributed by atoms with Crippen molar-refractivity contribution in [2.75, 3.05) is 26.7 Å². The Morgan fingerprint density at radius 2 is 1.74 bits per heavy atom. The standard InChI is InChI=1S/C24H31NO2/c1-24(2)17-25(16-19-13-12-18-8-4-5-9-20(18)19)15-14-23(24)27-22-11-7-6-10-21(22)26-3/h4-11,19,23H,12-17H2,1-3H3. The van der Waals surface area contributed by atoms with E-state index in [-0.39, 0.29) is 11.5 Å². The Bertz CT molecular complexity index is 785. The van der Waals surface area contributed by atoms with E-state index < -0.39 is 0 Å². The molecule has 2 unspecified atom stereocenters. The quantitative estimate of drug-likeness (QED) is 0.752. The van der Waals surface area contributed by atoms with Crippen LogP contribution in [0.15, 0.2) is 48.5 Å². The number of rotatable bonds is 5. The van der Waals surface area contributed by atoms with Crippen LogP contribution in [0.3, 0.4) is 0 Å². The van der Waals surface area contributed by atoms with Crippen molar-refractivity contribution in [3.05, 3.63) is 59.7 Å². The van der Waals surface area contributed by atoms with Gasteiger partial charge in [-0.05, 0) is 48.4 Å². The molecule has 27 heavy (non-hydrogen) atoms. The SMILES string of the molecule is COc1ccccc1OC1CCN(CC2CCc3ccccc32)CC1(C)C. The summed E-state index contributed by atoms with van der Waals surface area (Å²) in [6, 6.07) is 17.0. The molecular weight excluding hydrogens is 334 g/mol. The van der Waals surface area contributed by atoms with Gasteiger partial charge in [0.25, 0.3) is 0 Å². The lowest BCUT2D eigenvalue weighted by atomic mass is 9.80. The van der Waals surface area contributed by atoms with Crippen molar-refractivity contribution >= 4 is 0 Å². The van der Waals surface area contributed by atoms with Gasteiger partial charge in [0, 0.05) is 25.0 Å². The largest absolute Gasteiger partial charge is 0.493 e. The minimum atomic E-state index is 0.108. The van der Waals surface area contributed by atoms with Gasteiger partial charge < -0.3 is 14.4 Å². The maximum Gasteiger partial charge on any atom is 0.161 e. The van der Waals surface area contributed by atoms with E-state index in [0.717, 1.165) is 31.0 Å². The molecule has 3 nitrogen and oxygen atoms in total. The summed E-state index contributed by atoms with van der Waals surface area (Å²) in [6.45, 7) is 8.01. The third kappa shape index (κ3) is 3.84. The van der Waals surface area contributed by atoms with Gasteiger partial charge in [0.2, 0.25) is 0 Å². The van der Waals surface area contributed by atoms with Crippen LogP contribution in [0.1, 0.15) is 43.7 Å². The molecule has 1 heterocycles. The predicted molar refractivity (Wildman–Crippen MR) is 110 cm³/mol. The monoisotopic (exact) mass is 365 g/mol. The molecule has 2 aliphatic rings. The highest BCUT2D eigenvalue weighted by Crippen LogP contribution is 2.38. The molecule has 144 valence electrons. The maximum absolute atomic E-state index is 6.42. The van der Waals surface area contributed by atoms with Crippen LogP contribution in [0.25, 0.3) is 0 Å². The van der Waals surface area contributed by atoms with Crippen molar-refractivity contribution in [3.63, 3.8) is 0 Å². The van der Waals surface area contributed by atoms with Crippen molar-refractivity contribution < 1.29 is 9.47 Å². The Morgan fingerprint density at radius 3 is 2.52 bits per heavy atom. The molecule has 1 aliphatic carbocycles. The summed E-state index contributed by atoms with van der Waals surface area (Å²) in [5, 5.41) is 0. The second-order valence-corrected chi connectivity index (χ2v) is 8.70. The molecular formula is C24H31NO2. The van der Waals surface area contributed by atoms with E-state index in [1.807, 2.05) is 24.3 Å². The summed E-state index contributed by atoms with van der Waals surface area (Å²) in [4.78, 5) is 2.65. The van der Waals surface area contributed by atoms with Crippen LogP contribution in [-0.4, -0.2) is 37.7 Å². The predicted octanol–water partition coefficient (Wildman–Crippen LogP) is 4.90. The number of ether oxygens (including phenoxy) is 2. The van der Waals surface area contributed by atoms with Gasteiger partial charge in [0.1, 0.15) is 6.10 Å². The van der Waals surface area contributed by atoms with E-state index >= 15 is 0 Å². The van der Waals surface area contributed by atoms with Crippen LogP contribution in [0.2, 0.25) is 0 Å².